The average Bonchev–Trinajstić information content (AvgIpc) is 2.15. The molecule has 0 aromatic carbocycles. The molecule has 2 nitrogen and oxygen atoms in total. The Morgan fingerprint density at radius 1 is 1.20 bits per heavy atom. The topological polar surface area (TPSA) is 43.1 Å². The molecule has 0 saturated heterocycles. The molecule has 1 atom stereocenters. The first kappa shape index (κ1) is 14.9. The van der Waals surface area contributed by atoms with E-state index in [9.17, 15) is 4.79 Å². The molecule has 1 aliphatic rings. The minimum Gasteiger partial charge on any atom is -0.321 e. The van der Waals surface area contributed by atoms with Crippen LogP contribution in [0.5, 0.6) is 0 Å². The SMILES string of the molecule is CC(C)(C)C(N)C(=O)C1CCCCC1.Cl. The van der Waals surface area contributed by atoms with Gasteiger partial charge in [0.2, 0.25) is 0 Å². The summed E-state index contributed by atoms with van der Waals surface area (Å²) in [5, 5.41) is 0. The van der Waals surface area contributed by atoms with Crippen molar-refractivity contribution in [3.05, 3.63) is 0 Å². The molecule has 2 N–H and O–H groups in total. The second kappa shape index (κ2) is 5.86. The van der Waals surface area contributed by atoms with E-state index >= 15 is 0 Å². The summed E-state index contributed by atoms with van der Waals surface area (Å²) in [4.78, 5) is 12.0. The number of nitrogens with two attached hydrogens (primary N) is 1. The number of carbonyl (C=O) groups excluding carboxylic acids is 1. The van der Waals surface area contributed by atoms with Crippen LogP contribution in [0.2, 0.25) is 0 Å². The van der Waals surface area contributed by atoms with E-state index < -0.39 is 0 Å². The van der Waals surface area contributed by atoms with Gasteiger partial charge in [-0.25, -0.2) is 0 Å². The van der Waals surface area contributed by atoms with Gasteiger partial charge >= 0.3 is 0 Å². The number of rotatable bonds is 2. The zero-order chi connectivity index (χ0) is 10.8. The number of hydrogen-bond acceptors (Lipinski definition) is 2. The Kier molecular flexibility index (Phi) is 5.82. The Balaban J connectivity index is 0.00000196. The molecule has 1 rings (SSSR count). The van der Waals surface area contributed by atoms with Crippen molar-refractivity contribution in [2.24, 2.45) is 17.1 Å². The van der Waals surface area contributed by atoms with E-state index in [1.54, 1.807) is 0 Å². The minimum atomic E-state index is -0.286. The lowest BCUT2D eigenvalue weighted by atomic mass is 9.76. The van der Waals surface area contributed by atoms with E-state index in [4.69, 9.17) is 5.73 Å². The highest BCUT2D eigenvalue weighted by molar-refractivity contribution is 5.86. The average molecular weight is 234 g/mol. The molecule has 1 unspecified atom stereocenters. The fourth-order valence-corrected chi connectivity index (χ4v) is 2.07. The number of Topliss-reactive ketones (excluding diaryl/α,β-unsaturated/α-hetero) is 1. The van der Waals surface area contributed by atoms with E-state index in [2.05, 4.69) is 0 Å². The number of halogens is 1. The zero-order valence-electron chi connectivity index (χ0n) is 10.1. The summed E-state index contributed by atoms with van der Waals surface area (Å²) >= 11 is 0. The molecule has 0 heterocycles. The predicted molar refractivity (Wildman–Crippen MR) is 66.3 cm³/mol. The number of carbonyl (C=O) groups is 1. The molecule has 1 fully saturated rings. The van der Waals surface area contributed by atoms with Gasteiger partial charge in [-0.05, 0) is 18.3 Å². The first-order valence-corrected chi connectivity index (χ1v) is 5.72. The molecule has 1 saturated carbocycles. The molecule has 1 aliphatic carbocycles. The molecule has 0 amide bonds. The highest BCUT2D eigenvalue weighted by Gasteiger charge is 2.32. The third-order valence-electron chi connectivity index (χ3n) is 3.25. The van der Waals surface area contributed by atoms with Gasteiger partial charge in [0.1, 0.15) is 0 Å². The van der Waals surface area contributed by atoms with Crippen LogP contribution in [0.25, 0.3) is 0 Å². The highest BCUT2D eigenvalue weighted by atomic mass is 35.5. The summed E-state index contributed by atoms with van der Waals surface area (Å²) < 4.78 is 0. The molecule has 0 radical (unpaired) electrons. The Morgan fingerprint density at radius 2 is 1.67 bits per heavy atom. The van der Waals surface area contributed by atoms with Gasteiger partial charge in [0, 0.05) is 5.92 Å². The summed E-state index contributed by atoms with van der Waals surface area (Å²) in [7, 11) is 0. The molecule has 0 bridgehead atoms. The van der Waals surface area contributed by atoms with Gasteiger partial charge in [0.15, 0.2) is 5.78 Å². The van der Waals surface area contributed by atoms with Crippen molar-refractivity contribution in [1.29, 1.82) is 0 Å². The van der Waals surface area contributed by atoms with E-state index in [1.807, 2.05) is 20.8 Å². The quantitative estimate of drug-likeness (QED) is 0.797. The van der Waals surface area contributed by atoms with Crippen molar-refractivity contribution in [2.75, 3.05) is 0 Å². The van der Waals surface area contributed by atoms with Crippen molar-refractivity contribution >= 4 is 18.2 Å². The maximum Gasteiger partial charge on any atom is 0.153 e. The van der Waals surface area contributed by atoms with Crippen LogP contribution in [0, 0.1) is 11.3 Å². The van der Waals surface area contributed by atoms with Gasteiger partial charge < -0.3 is 5.73 Å². The van der Waals surface area contributed by atoms with Crippen LogP contribution in [0.1, 0.15) is 52.9 Å². The summed E-state index contributed by atoms with van der Waals surface area (Å²) in [6, 6.07) is -0.286. The zero-order valence-corrected chi connectivity index (χ0v) is 10.9. The van der Waals surface area contributed by atoms with Crippen molar-refractivity contribution in [2.45, 2.75) is 58.9 Å². The van der Waals surface area contributed by atoms with Crippen LogP contribution in [0.15, 0.2) is 0 Å². The van der Waals surface area contributed by atoms with Gasteiger partial charge in [-0.3, -0.25) is 4.79 Å². The summed E-state index contributed by atoms with van der Waals surface area (Å²) in [6.45, 7) is 6.12. The fourth-order valence-electron chi connectivity index (χ4n) is 2.07. The Bertz CT molecular complexity index is 204. The second-order valence-electron chi connectivity index (χ2n) is 5.58. The maximum atomic E-state index is 12.0. The van der Waals surface area contributed by atoms with Gasteiger partial charge in [-0.2, -0.15) is 0 Å². The van der Waals surface area contributed by atoms with Crippen molar-refractivity contribution in [1.82, 2.24) is 0 Å². The van der Waals surface area contributed by atoms with Crippen LogP contribution >= 0.6 is 12.4 Å². The van der Waals surface area contributed by atoms with Crippen LogP contribution in [0.4, 0.5) is 0 Å². The van der Waals surface area contributed by atoms with Crippen molar-refractivity contribution in [3.63, 3.8) is 0 Å². The van der Waals surface area contributed by atoms with Gasteiger partial charge in [-0.1, -0.05) is 40.0 Å². The standard InChI is InChI=1S/C12H23NO.ClH/c1-12(2,3)11(13)10(14)9-7-5-4-6-8-9;/h9,11H,4-8,13H2,1-3H3;1H. The predicted octanol–water partition coefficient (Wildman–Crippen LogP) is 2.93. The lowest BCUT2D eigenvalue weighted by Crippen LogP contribution is -2.45. The Labute approximate surface area is 99.4 Å². The lowest BCUT2D eigenvalue weighted by molar-refractivity contribution is -0.127. The third kappa shape index (κ3) is 4.12. The van der Waals surface area contributed by atoms with E-state index in [0.717, 1.165) is 12.8 Å². The second-order valence-corrected chi connectivity index (χ2v) is 5.58. The molecule has 90 valence electrons. The molecule has 3 heteroatoms. The van der Waals surface area contributed by atoms with Crippen LogP contribution in [-0.2, 0) is 4.79 Å². The molecule has 0 aromatic rings. The normalized spacial score (nSPS) is 20.5. The third-order valence-corrected chi connectivity index (χ3v) is 3.25. The molecule has 15 heavy (non-hydrogen) atoms. The van der Waals surface area contributed by atoms with Gasteiger partial charge in [0.05, 0.1) is 6.04 Å². The van der Waals surface area contributed by atoms with Crippen LogP contribution in [-0.4, -0.2) is 11.8 Å². The molecule has 0 spiro atoms. The first-order chi connectivity index (χ1) is 6.43. The van der Waals surface area contributed by atoms with Gasteiger partial charge in [-0.15, -0.1) is 12.4 Å². The lowest BCUT2D eigenvalue weighted by Gasteiger charge is -2.30. The maximum absolute atomic E-state index is 12.0. The number of ketones is 1. The molecular weight excluding hydrogens is 210 g/mol. The van der Waals surface area contributed by atoms with Crippen LogP contribution in [0.3, 0.4) is 0 Å². The molecule has 0 aromatic heterocycles. The monoisotopic (exact) mass is 233 g/mol. The summed E-state index contributed by atoms with van der Waals surface area (Å²) in [6.07, 6.45) is 5.81. The summed E-state index contributed by atoms with van der Waals surface area (Å²) in [5.41, 5.74) is 5.89. The summed E-state index contributed by atoms with van der Waals surface area (Å²) in [5.74, 6) is 0.537. The Hall–Kier alpha value is -0.0800. The van der Waals surface area contributed by atoms with E-state index in [-0.39, 0.29) is 35.6 Å². The van der Waals surface area contributed by atoms with Gasteiger partial charge in [0.25, 0.3) is 0 Å². The van der Waals surface area contributed by atoms with Crippen molar-refractivity contribution in [3.8, 4) is 0 Å². The number of hydrogen-bond donors (Lipinski definition) is 1. The van der Waals surface area contributed by atoms with Crippen LogP contribution < -0.4 is 5.73 Å². The first-order valence-electron chi connectivity index (χ1n) is 5.72. The minimum absolute atomic E-state index is 0. The largest absolute Gasteiger partial charge is 0.321 e. The highest BCUT2D eigenvalue weighted by Crippen LogP contribution is 2.28. The van der Waals surface area contributed by atoms with E-state index in [0.29, 0.717) is 0 Å². The van der Waals surface area contributed by atoms with Crippen molar-refractivity contribution < 1.29 is 4.79 Å². The molecular formula is C12H24ClNO. The smallest absolute Gasteiger partial charge is 0.153 e. The Morgan fingerprint density at radius 3 is 2.07 bits per heavy atom. The fraction of sp³-hybridized carbons (Fsp3) is 0.917. The molecule has 0 aliphatic heterocycles. The van der Waals surface area contributed by atoms with E-state index in [1.165, 1.54) is 19.3 Å².